The zero-order valence-corrected chi connectivity index (χ0v) is 16.2. The van der Waals surface area contributed by atoms with Gasteiger partial charge >= 0.3 is 126 Å². The standard InChI is InChI=1S/C18H32INO2/c1-2-3-4-5-6-7-8-9-10-11-14-20-17-12-13-19-16(17)15-18(21)22/h12-13,19-20H,2-11,14-15H2,1H3,(H,21,22). The van der Waals surface area contributed by atoms with E-state index in [0.717, 1.165) is 15.8 Å². The van der Waals surface area contributed by atoms with Crippen LogP contribution in [-0.2, 0) is 4.79 Å². The Bertz CT molecular complexity index is 377. The van der Waals surface area contributed by atoms with E-state index in [-0.39, 0.29) is 27.6 Å². The number of carbonyl (C=O) groups is 1. The molecule has 0 radical (unpaired) electrons. The zero-order chi connectivity index (χ0) is 16.0. The number of carboxylic acid groups (broad SMARTS) is 1. The number of carboxylic acids is 1. The third-order valence-corrected chi connectivity index (χ3v) is 6.53. The molecule has 0 amide bonds. The van der Waals surface area contributed by atoms with E-state index in [4.69, 9.17) is 5.11 Å². The third-order valence-electron chi connectivity index (χ3n) is 3.90. The number of allylic oxidation sites excluding steroid dienone is 1. The molecule has 1 rings (SSSR count). The summed E-state index contributed by atoms with van der Waals surface area (Å²) >= 11 is -0.359. The molecule has 0 aromatic carbocycles. The summed E-state index contributed by atoms with van der Waals surface area (Å²) in [6.07, 6.45) is 15.8. The number of rotatable bonds is 14. The average molecular weight is 421 g/mol. The molecule has 0 aromatic heterocycles. The van der Waals surface area contributed by atoms with Crippen LogP contribution in [0.3, 0.4) is 0 Å². The molecule has 3 nitrogen and oxygen atoms in total. The summed E-state index contributed by atoms with van der Waals surface area (Å²) in [6, 6.07) is 0. The second-order valence-corrected chi connectivity index (χ2v) is 8.79. The van der Waals surface area contributed by atoms with Crippen LogP contribution in [0.1, 0.15) is 77.6 Å². The molecular formula is C18H32INO2. The van der Waals surface area contributed by atoms with E-state index in [2.05, 4.69) is 22.4 Å². The number of unbranched alkanes of at least 4 members (excludes halogenated alkanes) is 9. The average Bonchev–Trinajstić information content (AvgIpc) is 2.91. The summed E-state index contributed by atoms with van der Waals surface area (Å²) in [5, 5.41) is 12.3. The number of halogens is 1. The van der Waals surface area contributed by atoms with Gasteiger partial charge in [0.15, 0.2) is 0 Å². The van der Waals surface area contributed by atoms with Gasteiger partial charge in [0.25, 0.3) is 0 Å². The number of hydrogen-bond donors (Lipinski definition) is 2. The van der Waals surface area contributed by atoms with Gasteiger partial charge in [-0.25, -0.2) is 0 Å². The number of hydrogen-bond acceptors (Lipinski definition) is 2. The van der Waals surface area contributed by atoms with Crippen LogP contribution in [0.2, 0.25) is 0 Å². The van der Waals surface area contributed by atoms with Gasteiger partial charge in [-0.2, -0.15) is 0 Å². The first kappa shape index (κ1) is 19.5. The van der Waals surface area contributed by atoms with E-state index in [1.807, 2.05) is 0 Å². The van der Waals surface area contributed by atoms with E-state index in [1.165, 1.54) is 64.2 Å². The van der Waals surface area contributed by atoms with Gasteiger partial charge in [-0.05, 0) is 0 Å². The van der Waals surface area contributed by atoms with Crippen molar-refractivity contribution in [2.75, 3.05) is 6.54 Å². The van der Waals surface area contributed by atoms with Crippen molar-refractivity contribution >= 4 is 27.2 Å². The van der Waals surface area contributed by atoms with Crippen LogP contribution in [0.25, 0.3) is 0 Å². The quantitative estimate of drug-likeness (QED) is 0.291. The minimum atomic E-state index is -0.706. The Morgan fingerprint density at radius 3 is 2.23 bits per heavy atom. The molecule has 0 spiro atoms. The topological polar surface area (TPSA) is 49.3 Å². The van der Waals surface area contributed by atoms with Gasteiger partial charge in [-0.15, -0.1) is 0 Å². The molecule has 0 saturated carbocycles. The second kappa shape index (κ2) is 13.0. The first-order valence-corrected chi connectivity index (χ1v) is 11.3. The molecule has 0 aromatic rings. The van der Waals surface area contributed by atoms with Crippen LogP contribution < -0.4 is 5.32 Å². The molecular weight excluding hydrogens is 389 g/mol. The fraction of sp³-hybridized carbons (Fsp3) is 0.722. The molecule has 2 N–H and O–H groups in total. The summed E-state index contributed by atoms with van der Waals surface area (Å²) in [5.74, 6) is -0.706. The molecule has 0 atom stereocenters. The van der Waals surface area contributed by atoms with Crippen LogP contribution in [0.5, 0.6) is 0 Å². The molecule has 1 aliphatic rings. The van der Waals surface area contributed by atoms with Crippen molar-refractivity contribution in [1.29, 1.82) is 0 Å². The van der Waals surface area contributed by atoms with Crippen molar-refractivity contribution < 1.29 is 9.90 Å². The Hall–Kier alpha value is -0.520. The summed E-state index contributed by atoms with van der Waals surface area (Å²) in [5.41, 5.74) is 1.10. The van der Waals surface area contributed by atoms with Crippen molar-refractivity contribution in [3.8, 4) is 0 Å². The van der Waals surface area contributed by atoms with Crippen molar-refractivity contribution in [3.05, 3.63) is 19.4 Å². The predicted octanol–water partition coefficient (Wildman–Crippen LogP) is 5.41. The van der Waals surface area contributed by atoms with Gasteiger partial charge in [0, 0.05) is 0 Å². The van der Waals surface area contributed by atoms with Crippen LogP contribution >= 0.6 is 21.2 Å². The zero-order valence-electron chi connectivity index (χ0n) is 13.9. The Labute approximate surface area is 145 Å². The summed E-state index contributed by atoms with van der Waals surface area (Å²) < 4.78 is 3.31. The number of aliphatic carboxylic acids is 1. The van der Waals surface area contributed by atoms with Crippen LogP contribution in [-0.4, -0.2) is 17.6 Å². The van der Waals surface area contributed by atoms with Gasteiger partial charge in [-0.3, -0.25) is 0 Å². The maximum atomic E-state index is 10.8. The van der Waals surface area contributed by atoms with E-state index in [0.29, 0.717) is 0 Å². The first-order chi connectivity index (χ1) is 10.7. The monoisotopic (exact) mass is 421 g/mol. The molecule has 0 fully saturated rings. The Morgan fingerprint density at radius 2 is 1.64 bits per heavy atom. The van der Waals surface area contributed by atoms with Crippen molar-refractivity contribution in [2.24, 2.45) is 0 Å². The number of nitrogens with one attached hydrogen (secondary N) is 1. The van der Waals surface area contributed by atoms with Crippen LogP contribution in [0.4, 0.5) is 0 Å². The fourth-order valence-electron chi connectivity index (χ4n) is 2.61. The molecule has 4 heteroatoms. The molecule has 1 aliphatic heterocycles. The molecule has 128 valence electrons. The van der Waals surface area contributed by atoms with Crippen molar-refractivity contribution in [3.63, 3.8) is 0 Å². The SMILES string of the molecule is CCCCCCCCCCCCNC1=C(CC(=O)O)[IH]C=C1. The van der Waals surface area contributed by atoms with Crippen LogP contribution in [0.15, 0.2) is 19.4 Å². The second-order valence-electron chi connectivity index (χ2n) is 5.94. The van der Waals surface area contributed by atoms with Gasteiger partial charge in [0.1, 0.15) is 0 Å². The summed E-state index contributed by atoms with van der Waals surface area (Å²) in [4.78, 5) is 10.8. The predicted molar refractivity (Wildman–Crippen MR) is 104 cm³/mol. The molecule has 22 heavy (non-hydrogen) atoms. The minimum absolute atomic E-state index is 0.218. The normalized spacial score (nSPS) is 14.2. The van der Waals surface area contributed by atoms with Gasteiger partial charge in [-0.1, -0.05) is 19.8 Å². The van der Waals surface area contributed by atoms with Crippen LogP contribution in [0, 0.1) is 0 Å². The van der Waals surface area contributed by atoms with Gasteiger partial charge < -0.3 is 0 Å². The summed E-state index contributed by atoms with van der Waals surface area (Å²) in [6.45, 7) is 3.24. The van der Waals surface area contributed by atoms with E-state index in [1.54, 1.807) is 0 Å². The Kier molecular flexibility index (Phi) is 11.5. The third kappa shape index (κ3) is 9.49. The fourth-order valence-corrected chi connectivity index (χ4v) is 5.01. The van der Waals surface area contributed by atoms with E-state index >= 15 is 0 Å². The van der Waals surface area contributed by atoms with E-state index in [9.17, 15) is 4.79 Å². The molecule has 0 bridgehead atoms. The maximum absolute atomic E-state index is 10.8. The van der Waals surface area contributed by atoms with Crippen molar-refractivity contribution in [1.82, 2.24) is 5.32 Å². The first-order valence-electron chi connectivity index (χ1n) is 8.76. The van der Waals surface area contributed by atoms with Gasteiger partial charge in [0.05, 0.1) is 0 Å². The van der Waals surface area contributed by atoms with Gasteiger partial charge in [0.2, 0.25) is 0 Å². The molecule has 0 saturated heterocycles. The van der Waals surface area contributed by atoms with E-state index < -0.39 is 5.97 Å². The van der Waals surface area contributed by atoms with Crippen molar-refractivity contribution in [2.45, 2.75) is 77.6 Å². The Morgan fingerprint density at radius 1 is 1.05 bits per heavy atom. The molecule has 0 unspecified atom stereocenters. The molecule has 0 aliphatic carbocycles. The molecule has 1 heterocycles. The summed E-state index contributed by atoms with van der Waals surface area (Å²) in [7, 11) is 0. The Balaban J connectivity index is 1.95.